The van der Waals surface area contributed by atoms with Crippen LogP contribution in [-0.2, 0) is 6.42 Å². The number of benzene rings is 12. The molecule has 0 aliphatic heterocycles. The average molecular weight is 1670 g/mol. The van der Waals surface area contributed by atoms with Crippen LogP contribution in [0.25, 0.3) is 6.08 Å². The molecule has 4 aromatic heterocycles. The van der Waals surface area contributed by atoms with Crippen LogP contribution in [0.4, 0.5) is 0 Å². The molecule has 0 N–H and O–H groups in total. The second-order valence-electron chi connectivity index (χ2n) is 25.4. The zero-order chi connectivity index (χ0) is 85.3. The number of hydrogen-bond acceptors (Lipinski definition) is 4. The Hall–Kier alpha value is -9.88. The van der Waals surface area contributed by atoms with Gasteiger partial charge in [0.25, 0.3) is 0 Å². The van der Waals surface area contributed by atoms with Crippen LogP contribution in [0.15, 0.2) is 493 Å². The minimum Gasteiger partial charge on any atom is -1.00 e. The largest absolute Gasteiger partial charge is 1.00 e. The molecule has 12 aromatic carbocycles. The first kappa shape index (κ1) is 116. The number of nitrogens with zero attached hydrogens (tertiary/aromatic N) is 4. The fraction of sp³-hybridized carbons (Fsp3) is 0.181. The van der Waals surface area contributed by atoms with Gasteiger partial charge in [-0.05, 0) is 147 Å². The van der Waals surface area contributed by atoms with Crippen molar-refractivity contribution in [2.75, 3.05) is 0 Å². The summed E-state index contributed by atoms with van der Waals surface area (Å²) in [5, 5.41) is 0. The Morgan fingerprint density at radius 1 is 0.254 bits per heavy atom. The predicted molar refractivity (Wildman–Crippen MR) is 531 cm³/mol. The van der Waals surface area contributed by atoms with E-state index in [4.69, 9.17) is 0 Å². The molecule has 6 heteroatoms. The van der Waals surface area contributed by atoms with Crippen LogP contribution in [0.1, 0.15) is 175 Å². The van der Waals surface area contributed by atoms with Crippen LogP contribution < -0.4 is 103 Å². The third-order valence-electron chi connectivity index (χ3n) is 16.7. The summed E-state index contributed by atoms with van der Waals surface area (Å²) >= 11 is 0. The van der Waals surface area contributed by atoms with Crippen LogP contribution in [0, 0.1) is 34.1 Å². The second kappa shape index (κ2) is 86.1. The summed E-state index contributed by atoms with van der Waals surface area (Å²) in [6.45, 7) is 28.0. The van der Waals surface area contributed by atoms with Gasteiger partial charge in [-0.1, -0.05) is 469 Å². The van der Waals surface area contributed by atoms with E-state index in [1.807, 2.05) is 250 Å². The third-order valence-corrected chi connectivity index (χ3v) is 16.7. The Kier molecular flexibility index (Phi) is 82.0. The Labute approximate surface area is 828 Å². The Morgan fingerprint density at radius 3 is 0.664 bits per heavy atom. The van der Waals surface area contributed by atoms with Crippen molar-refractivity contribution in [3.05, 3.63) is 566 Å². The first-order valence-corrected chi connectivity index (χ1v) is 41.7. The molecule has 0 bridgehead atoms. The van der Waals surface area contributed by atoms with E-state index < -0.39 is 0 Å². The number of aryl methyl sites for hydroxylation is 5. The maximum atomic E-state index is 3.78. The van der Waals surface area contributed by atoms with E-state index in [1.165, 1.54) is 66.8 Å². The van der Waals surface area contributed by atoms with E-state index in [0.29, 0.717) is 17.8 Å². The molecule has 2 atom stereocenters. The predicted octanol–water partition coefficient (Wildman–Crippen LogP) is 27.2. The standard InChI is InChI=1S/C37H36.C13H11.C8H8.4C7H8.4C5H5N.4C2H6.2CH4.2K.H/c1-6-16-30(17-7-1)26-27-35(31-18-8-2-9-19-31)28-36(32-20-10-3-11-21-32)29-37(33-22-12-4-13-23-33)34-24-14-5-15-25-34;1-3-7-12(8-4-1)11-13-9-5-2-6-10-13;1-2-8-6-4-3-5-7-8;4*1-7-5-3-2-4-6-7;4*1-2-4-6-5-3-1;4*1-2;;;;;/h1-25,35-37H,26-29H2;1-11H;2-7H,1H2;4*2-6H,1H3;4*1-5H;4*1-2H3;2*1H4;;;/q;-1;;;;;;;;;;;;;;;;2*+1;-1. The van der Waals surface area contributed by atoms with Crippen molar-refractivity contribution < 1.29 is 104 Å². The molecule has 0 aliphatic rings. The van der Waals surface area contributed by atoms with Crippen LogP contribution in [0.5, 0.6) is 0 Å². The smallest absolute Gasteiger partial charge is 1.00 e. The van der Waals surface area contributed by atoms with Gasteiger partial charge in [0.15, 0.2) is 0 Å². The molecule has 4 nitrogen and oxygen atoms in total. The SMILES string of the molecule is C.C.C=Cc1ccccc1.CC.CC.CC.CC.Cc1ccccc1.Cc1ccccc1.Cc1ccccc1.Cc1ccccc1.[H-].[K+].[K+].c1ccc(CCC(CC(CC(c2ccccc2)c2ccccc2)c2ccccc2)c2ccccc2)cc1.c1ccc([CH-]c2ccccc2)cc1.c1ccncc1.c1ccncc1.c1ccncc1.c1ccncc1. The zero-order valence-electron chi connectivity index (χ0n) is 75.4. The minimum absolute atomic E-state index is 0. The zero-order valence-corrected chi connectivity index (χ0v) is 80.6. The molecule has 0 amide bonds. The minimum atomic E-state index is 0. The molecule has 0 radical (unpaired) electrons. The third kappa shape index (κ3) is 62.3. The van der Waals surface area contributed by atoms with Gasteiger partial charge in [0, 0.05) is 55.5 Å². The van der Waals surface area contributed by atoms with E-state index in [-0.39, 0.29) is 119 Å². The summed E-state index contributed by atoms with van der Waals surface area (Å²) < 4.78 is 0. The van der Waals surface area contributed by atoms with Crippen molar-refractivity contribution in [2.24, 2.45) is 0 Å². The number of pyridine rings is 4. The maximum Gasteiger partial charge on any atom is 1.00 e. The van der Waals surface area contributed by atoms with Gasteiger partial charge >= 0.3 is 103 Å². The molecule has 0 aliphatic carbocycles. The molecule has 626 valence electrons. The molecule has 122 heavy (non-hydrogen) atoms. The van der Waals surface area contributed by atoms with Gasteiger partial charge in [-0.15, -0.1) is 41.8 Å². The Morgan fingerprint density at radius 2 is 0.459 bits per heavy atom. The van der Waals surface area contributed by atoms with Crippen molar-refractivity contribution in [2.45, 2.75) is 141 Å². The quantitative estimate of drug-likeness (QED) is 0.0804. The summed E-state index contributed by atoms with van der Waals surface area (Å²) in [7, 11) is 0. The molecule has 2 unspecified atom stereocenters. The van der Waals surface area contributed by atoms with Gasteiger partial charge in [0.05, 0.1) is 0 Å². The van der Waals surface area contributed by atoms with Crippen molar-refractivity contribution in [3.63, 3.8) is 0 Å². The number of rotatable bonds is 14. The molecular weight excluding hydrogens is 1530 g/mol. The van der Waals surface area contributed by atoms with Crippen molar-refractivity contribution in [1.29, 1.82) is 0 Å². The van der Waals surface area contributed by atoms with Crippen molar-refractivity contribution in [3.8, 4) is 0 Å². The molecule has 16 rings (SSSR count). The summed E-state index contributed by atoms with van der Waals surface area (Å²) in [6, 6.07) is 150. The van der Waals surface area contributed by atoms with E-state index in [2.05, 4.69) is 309 Å². The topological polar surface area (TPSA) is 51.6 Å². The fourth-order valence-electron chi connectivity index (χ4n) is 11.0. The van der Waals surface area contributed by atoms with Crippen LogP contribution in [0.2, 0.25) is 0 Å². The Bertz CT molecular complexity index is 4170. The van der Waals surface area contributed by atoms with Crippen molar-refractivity contribution >= 4 is 6.08 Å². The maximum absolute atomic E-state index is 3.78. The summed E-state index contributed by atoms with van der Waals surface area (Å²) in [5.74, 6) is 1.31. The molecule has 0 saturated heterocycles. The average Bonchev–Trinajstić information content (AvgIpc) is 0.820. The molecule has 4 heterocycles. The van der Waals surface area contributed by atoms with E-state index in [0.717, 1.165) is 25.7 Å². The molecule has 0 fully saturated rings. The van der Waals surface area contributed by atoms with Gasteiger partial charge in [0.2, 0.25) is 0 Å². The van der Waals surface area contributed by atoms with Crippen LogP contribution in [0.3, 0.4) is 0 Å². The number of aromatic nitrogens is 4. The molecule has 0 saturated carbocycles. The van der Waals surface area contributed by atoms with Gasteiger partial charge in [0.1, 0.15) is 0 Å². The van der Waals surface area contributed by atoms with Gasteiger partial charge in [-0.25, -0.2) is 0 Å². The van der Waals surface area contributed by atoms with Gasteiger partial charge in [-0.2, -0.15) is 0 Å². The van der Waals surface area contributed by atoms with E-state index >= 15 is 0 Å². The van der Waals surface area contributed by atoms with E-state index in [9.17, 15) is 0 Å². The molecule has 16 aromatic rings. The molecular formula is C116H140K2N4. The second-order valence-corrected chi connectivity index (χ2v) is 25.4. The normalized spacial score (nSPS) is 9.22. The number of hydrogen-bond donors (Lipinski definition) is 0. The first-order chi connectivity index (χ1) is 58.3. The van der Waals surface area contributed by atoms with Crippen molar-refractivity contribution in [1.82, 2.24) is 19.9 Å². The van der Waals surface area contributed by atoms with Gasteiger partial charge < -0.3 is 1.43 Å². The van der Waals surface area contributed by atoms with Crippen LogP contribution in [-0.4, -0.2) is 19.9 Å². The monoisotopic (exact) mass is 1670 g/mol. The van der Waals surface area contributed by atoms with E-state index in [1.54, 1.807) is 49.6 Å². The van der Waals surface area contributed by atoms with Crippen LogP contribution >= 0.6 is 0 Å². The molecule has 0 spiro atoms. The summed E-state index contributed by atoms with van der Waals surface area (Å²) in [5.41, 5.74) is 16.1. The summed E-state index contributed by atoms with van der Waals surface area (Å²) in [6.07, 6.45) is 22.5. The van der Waals surface area contributed by atoms with Gasteiger partial charge in [-0.3, -0.25) is 19.9 Å². The first-order valence-electron chi connectivity index (χ1n) is 41.7. The summed E-state index contributed by atoms with van der Waals surface area (Å²) in [4.78, 5) is 15.1. The fourth-order valence-corrected chi connectivity index (χ4v) is 11.0. The Balaban J connectivity index is -0.000000686.